The molecule has 1 N–H and O–H groups in total. The molecular formula is C17H19N5O3S2. The van der Waals surface area contributed by atoms with E-state index in [0.717, 1.165) is 15.7 Å². The van der Waals surface area contributed by atoms with Crippen LogP contribution in [-0.4, -0.2) is 39.1 Å². The predicted molar refractivity (Wildman–Crippen MR) is 104 cm³/mol. The molecule has 0 spiro atoms. The summed E-state index contributed by atoms with van der Waals surface area (Å²) in [4.78, 5) is 16.4. The number of aryl methyl sites for hydroxylation is 1. The fourth-order valence-electron chi connectivity index (χ4n) is 2.32. The van der Waals surface area contributed by atoms with E-state index in [1.807, 2.05) is 31.2 Å². The maximum Gasteiger partial charge on any atom is 0.226 e. The molecule has 8 nitrogen and oxygen atoms in total. The van der Waals surface area contributed by atoms with Gasteiger partial charge in [-0.05, 0) is 24.3 Å². The molecule has 0 unspecified atom stereocenters. The summed E-state index contributed by atoms with van der Waals surface area (Å²) in [5.74, 6) is 2.46. The van der Waals surface area contributed by atoms with E-state index in [1.165, 1.54) is 11.3 Å². The number of benzene rings is 1. The molecule has 2 aromatic heterocycles. The molecule has 142 valence electrons. The lowest BCUT2D eigenvalue weighted by molar-refractivity contribution is -0.116. The Hall–Kier alpha value is -2.46. The molecule has 0 saturated heterocycles. The SMILES string of the molecule is CCSc1nnc(NC(=O)CCCc2nc(-c3ccccc3OC)no2)s1. The van der Waals surface area contributed by atoms with Crippen LogP contribution in [-0.2, 0) is 11.2 Å². The highest BCUT2D eigenvalue weighted by Gasteiger charge is 2.13. The summed E-state index contributed by atoms with van der Waals surface area (Å²) in [5.41, 5.74) is 0.768. The first-order valence-electron chi connectivity index (χ1n) is 8.41. The number of nitrogens with zero attached hydrogens (tertiary/aromatic N) is 4. The van der Waals surface area contributed by atoms with E-state index in [0.29, 0.717) is 41.9 Å². The highest BCUT2D eigenvalue weighted by molar-refractivity contribution is 8.01. The van der Waals surface area contributed by atoms with Gasteiger partial charge >= 0.3 is 0 Å². The molecule has 10 heteroatoms. The molecule has 0 fully saturated rings. The molecule has 0 saturated carbocycles. The lowest BCUT2D eigenvalue weighted by atomic mass is 10.2. The molecule has 0 aliphatic rings. The topological polar surface area (TPSA) is 103 Å². The molecule has 0 atom stereocenters. The van der Waals surface area contributed by atoms with Crippen LogP contribution >= 0.6 is 23.1 Å². The third-order valence-corrected chi connectivity index (χ3v) is 5.39. The number of para-hydroxylation sites is 1. The van der Waals surface area contributed by atoms with Crippen LogP contribution in [0.1, 0.15) is 25.7 Å². The Morgan fingerprint density at radius 3 is 3.00 bits per heavy atom. The lowest BCUT2D eigenvalue weighted by Gasteiger charge is -2.03. The number of nitrogens with one attached hydrogen (secondary N) is 1. The van der Waals surface area contributed by atoms with Crippen molar-refractivity contribution in [3.05, 3.63) is 30.2 Å². The second-order valence-electron chi connectivity index (χ2n) is 5.42. The van der Waals surface area contributed by atoms with Crippen molar-refractivity contribution in [1.29, 1.82) is 0 Å². The zero-order valence-electron chi connectivity index (χ0n) is 15.0. The highest BCUT2D eigenvalue weighted by atomic mass is 32.2. The van der Waals surface area contributed by atoms with Crippen molar-refractivity contribution in [2.45, 2.75) is 30.5 Å². The number of thioether (sulfide) groups is 1. The van der Waals surface area contributed by atoms with Crippen LogP contribution in [0, 0.1) is 0 Å². The molecule has 3 rings (SSSR count). The molecule has 0 aliphatic heterocycles. The van der Waals surface area contributed by atoms with Crippen LogP contribution in [0.5, 0.6) is 5.75 Å². The monoisotopic (exact) mass is 405 g/mol. The largest absolute Gasteiger partial charge is 0.496 e. The minimum atomic E-state index is -0.108. The van der Waals surface area contributed by atoms with Crippen molar-refractivity contribution in [3.63, 3.8) is 0 Å². The first kappa shape index (κ1) is 19.3. The molecule has 1 aromatic carbocycles. The van der Waals surface area contributed by atoms with Crippen molar-refractivity contribution in [2.75, 3.05) is 18.2 Å². The minimum absolute atomic E-state index is 0.108. The van der Waals surface area contributed by atoms with Crippen molar-refractivity contribution in [1.82, 2.24) is 20.3 Å². The second kappa shape index (κ2) is 9.47. The van der Waals surface area contributed by atoms with Crippen molar-refractivity contribution in [2.24, 2.45) is 0 Å². The number of ether oxygens (including phenoxy) is 1. The van der Waals surface area contributed by atoms with Gasteiger partial charge in [-0.15, -0.1) is 10.2 Å². The molecule has 1 amide bonds. The van der Waals surface area contributed by atoms with E-state index >= 15 is 0 Å². The van der Waals surface area contributed by atoms with Gasteiger partial charge in [0.15, 0.2) is 4.34 Å². The number of methoxy groups -OCH3 is 1. The second-order valence-corrected chi connectivity index (χ2v) is 7.91. The Kier molecular flexibility index (Phi) is 6.77. The summed E-state index contributed by atoms with van der Waals surface area (Å²) in [6.07, 6.45) is 1.44. The average Bonchev–Trinajstić information content (AvgIpc) is 3.32. The molecule has 0 aliphatic carbocycles. The van der Waals surface area contributed by atoms with Crippen LogP contribution in [0.4, 0.5) is 5.13 Å². The smallest absolute Gasteiger partial charge is 0.226 e. The van der Waals surface area contributed by atoms with Gasteiger partial charge < -0.3 is 14.6 Å². The zero-order valence-corrected chi connectivity index (χ0v) is 16.6. The van der Waals surface area contributed by atoms with E-state index in [2.05, 4.69) is 25.7 Å². The van der Waals surface area contributed by atoms with Gasteiger partial charge in [-0.25, -0.2) is 0 Å². The van der Waals surface area contributed by atoms with Gasteiger partial charge in [-0.3, -0.25) is 4.79 Å². The van der Waals surface area contributed by atoms with Crippen LogP contribution in [0.2, 0.25) is 0 Å². The maximum atomic E-state index is 12.0. The first-order chi connectivity index (χ1) is 13.2. The van der Waals surface area contributed by atoms with Gasteiger partial charge in [0.2, 0.25) is 22.8 Å². The van der Waals surface area contributed by atoms with Crippen LogP contribution in [0.15, 0.2) is 33.1 Å². The third kappa shape index (κ3) is 5.27. The average molecular weight is 406 g/mol. The number of carbonyl (C=O) groups is 1. The Labute approximate surface area is 164 Å². The number of hydrogen-bond acceptors (Lipinski definition) is 9. The summed E-state index contributed by atoms with van der Waals surface area (Å²) in [7, 11) is 1.60. The summed E-state index contributed by atoms with van der Waals surface area (Å²) >= 11 is 2.97. The molecule has 3 aromatic rings. The number of hydrogen-bond donors (Lipinski definition) is 1. The third-order valence-electron chi connectivity index (χ3n) is 3.53. The summed E-state index contributed by atoms with van der Waals surface area (Å²) in [5, 5.41) is 15.2. The predicted octanol–water partition coefficient (Wildman–Crippen LogP) is 3.67. The van der Waals surface area contributed by atoms with Crippen molar-refractivity contribution in [3.8, 4) is 17.1 Å². The molecular weight excluding hydrogens is 386 g/mol. The van der Waals surface area contributed by atoms with E-state index in [9.17, 15) is 4.79 Å². The van der Waals surface area contributed by atoms with E-state index < -0.39 is 0 Å². The summed E-state index contributed by atoms with van der Waals surface area (Å²) < 4.78 is 11.4. The van der Waals surface area contributed by atoms with E-state index in [4.69, 9.17) is 9.26 Å². The van der Waals surface area contributed by atoms with Crippen LogP contribution in [0.25, 0.3) is 11.4 Å². The zero-order chi connectivity index (χ0) is 19.1. The Balaban J connectivity index is 1.49. The lowest BCUT2D eigenvalue weighted by Crippen LogP contribution is -2.11. The highest BCUT2D eigenvalue weighted by Crippen LogP contribution is 2.27. The summed E-state index contributed by atoms with van der Waals surface area (Å²) in [6.45, 7) is 2.04. The first-order valence-corrected chi connectivity index (χ1v) is 10.2. The number of anilines is 1. The number of aromatic nitrogens is 4. The molecule has 0 bridgehead atoms. The quantitative estimate of drug-likeness (QED) is 0.425. The van der Waals surface area contributed by atoms with Crippen molar-refractivity contribution < 1.29 is 14.1 Å². The normalized spacial score (nSPS) is 10.7. The minimum Gasteiger partial charge on any atom is -0.496 e. The van der Waals surface area contributed by atoms with Gasteiger partial charge in [0, 0.05) is 12.8 Å². The Bertz CT molecular complexity index is 896. The Morgan fingerprint density at radius 2 is 2.19 bits per heavy atom. The van der Waals surface area contributed by atoms with Gasteiger partial charge in [-0.1, -0.05) is 47.3 Å². The van der Waals surface area contributed by atoms with Crippen LogP contribution < -0.4 is 10.1 Å². The molecule has 27 heavy (non-hydrogen) atoms. The number of rotatable bonds is 9. The Morgan fingerprint density at radius 1 is 1.33 bits per heavy atom. The van der Waals surface area contributed by atoms with E-state index in [1.54, 1.807) is 18.9 Å². The fraction of sp³-hybridized carbons (Fsp3) is 0.353. The van der Waals surface area contributed by atoms with Crippen LogP contribution in [0.3, 0.4) is 0 Å². The van der Waals surface area contributed by atoms with Crippen molar-refractivity contribution >= 4 is 34.1 Å². The number of amides is 1. The molecule has 0 radical (unpaired) electrons. The standard InChI is InChI=1S/C17H19N5O3S2/c1-3-26-17-21-20-16(27-17)18-13(23)9-6-10-14-19-15(22-25-14)11-7-4-5-8-12(11)24-2/h4-5,7-8H,3,6,9-10H2,1-2H3,(H,18,20,23). The number of carbonyl (C=O) groups excluding carboxylic acids is 1. The fourth-order valence-corrected chi connectivity index (χ4v) is 3.98. The maximum absolute atomic E-state index is 12.0. The van der Waals surface area contributed by atoms with Gasteiger partial charge in [0.25, 0.3) is 0 Å². The summed E-state index contributed by atoms with van der Waals surface area (Å²) in [6, 6.07) is 7.47. The van der Waals surface area contributed by atoms with Gasteiger partial charge in [0.1, 0.15) is 5.75 Å². The van der Waals surface area contributed by atoms with Gasteiger partial charge in [-0.2, -0.15) is 4.98 Å². The molecule has 2 heterocycles. The van der Waals surface area contributed by atoms with E-state index in [-0.39, 0.29) is 5.91 Å². The van der Waals surface area contributed by atoms with Gasteiger partial charge in [0.05, 0.1) is 12.7 Å².